The number of thiazole rings is 1. The molecule has 3 heterocycles. The van der Waals surface area contributed by atoms with Crippen molar-refractivity contribution in [3.63, 3.8) is 0 Å². The van der Waals surface area contributed by atoms with E-state index in [1.807, 2.05) is 18.2 Å². The molecule has 0 bridgehead atoms. The summed E-state index contributed by atoms with van der Waals surface area (Å²) in [4.78, 5) is 33.5. The molecule has 4 aromatic rings. The summed E-state index contributed by atoms with van der Waals surface area (Å²) in [6.07, 6.45) is 3.02. The molecular formula is C19H19N5O2S3. The van der Waals surface area contributed by atoms with Gasteiger partial charge in [0.1, 0.15) is 5.01 Å². The Morgan fingerprint density at radius 1 is 1.24 bits per heavy atom. The molecule has 7 nitrogen and oxygen atoms in total. The third kappa shape index (κ3) is 4.65. The number of hydrogen-bond donors (Lipinski definition) is 1. The molecule has 10 heteroatoms. The monoisotopic (exact) mass is 445 g/mol. The number of rotatable bonds is 7. The van der Waals surface area contributed by atoms with Crippen LogP contribution in [0.4, 0.5) is 5.69 Å². The van der Waals surface area contributed by atoms with Gasteiger partial charge in [-0.2, -0.15) is 9.61 Å². The van der Waals surface area contributed by atoms with E-state index in [0.717, 1.165) is 50.2 Å². The van der Waals surface area contributed by atoms with Crippen molar-refractivity contribution in [1.29, 1.82) is 0 Å². The van der Waals surface area contributed by atoms with Crippen LogP contribution >= 0.6 is 34.4 Å². The van der Waals surface area contributed by atoms with Gasteiger partial charge >= 0.3 is 0 Å². The fourth-order valence-corrected chi connectivity index (χ4v) is 5.74. The lowest BCUT2D eigenvalue weighted by atomic mass is 10.3. The fourth-order valence-electron chi connectivity index (χ4n) is 2.78. The molecular weight excluding hydrogens is 426 g/mol. The predicted octanol–water partition coefficient (Wildman–Crippen LogP) is 4.35. The van der Waals surface area contributed by atoms with Crippen LogP contribution in [0.1, 0.15) is 37.4 Å². The van der Waals surface area contributed by atoms with E-state index in [9.17, 15) is 9.59 Å². The van der Waals surface area contributed by atoms with Crippen LogP contribution in [0.2, 0.25) is 0 Å². The summed E-state index contributed by atoms with van der Waals surface area (Å²) < 4.78 is 3.30. The summed E-state index contributed by atoms with van der Waals surface area (Å²) in [5.74, 6) is 0.462. The molecule has 0 atom stereocenters. The van der Waals surface area contributed by atoms with Crippen molar-refractivity contribution >= 4 is 61.2 Å². The Morgan fingerprint density at radius 2 is 2.10 bits per heavy atom. The number of amides is 1. The maximum absolute atomic E-state index is 12.4. The normalized spacial score (nSPS) is 11.4. The van der Waals surface area contributed by atoms with E-state index in [2.05, 4.69) is 27.3 Å². The topological polar surface area (TPSA) is 89.3 Å². The summed E-state index contributed by atoms with van der Waals surface area (Å²) in [6.45, 7) is 3.62. The highest BCUT2D eigenvalue weighted by molar-refractivity contribution is 8.00. The Bertz CT molecular complexity index is 1240. The second-order valence-electron chi connectivity index (χ2n) is 6.51. The second-order valence-corrected chi connectivity index (χ2v) is 9.81. The summed E-state index contributed by atoms with van der Waals surface area (Å²) in [5, 5.41) is 8.11. The highest BCUT2D eigenvalue weighted by atomic mass is 32.2. The number of fused-ring (bicyclic) bond motifs is 2. The summed E-state index contributed by atoms with van der Waals surface area (Å²) >= 11 is 4.59. The molecule has 1 N–H and O–H groups in total. The standard InChI is InChI=1S/C19H19N5O2S3/c1-3-4-5-16-23-24-17(26)9-13(21-18(24)29-16)10-27-19-22-14-7-6-12(20-11(2)25)8-15(14)28-19/h6-9H,3-5,10H2,1-2H3,(H,20,25). The maximum Gasteiger partial charge on any atom is 0.275 e. The molecule has 0 aliphatic rings. The number of nitrogens with one attached hydrogen (secondary N) is 1. The van der Waals surface area contributed by atoms with Crippen LogP contribution < -0.4 is 10.9 Å². The Labute approximate surface area is 179 Å². The van der Waals surface area contributed by atoms with Crippen LogP contribution in [0.3, 0.4) is 0 Å². The van der Waals surface area contributed by atoms with Gasteiger partial charge in [-0.15, -0.1) is 11.3 Å². The lowest BCUT2D eigenvalue weighted by molar-refractivity contribution is -0.114. The van der Waals surface area contributed by atoms with Gasteiger partial charge in [-0.3, -0.25) is 9.59 Å². The zero-order valence-electron chi connectivity index (χ0n) is 16.0. The summed E-state index contributed by atoms with van der Waals surface area (Å²) in [6, 6.07) is 7.21. The van der Waals surface area contributed by atoms with Crippen LogP contribution in [0.15, 0.2) is 33.4 Å². The molecule has 0 saturated heterocycles. The number of hydrogen-bond acceptors (Lipinski definition) is 8. The first-order chi connectivity index (χ1) is 14.0. The zero-order valence-corrected chi connectivity index (χ0v) is 18.4. The Balaban J connectivity index is 1.51. The third-order valence-corrected chi connectivity index (χ3v) is 7.28. The van der Waals surface area contributed by atoms with Crippen LogP contribution in [0.5, 0.6) is 0 Å². The molecule has 0 aliphatic carbocycles. The van der Waals surface area contributed by atoms with E-state index in [1.165, 1.54) is 22.8 Å². The van der Waals surface area contributed by atoms with Crippen molar-refractivity contribution in [3.8, 4) is 0 Å². The minimum Gasteiger partial charge on any atom is -0.326 e. The molecule has 0 saturated carbocycles. The number of carbonyl (C=O) groups excluding carboxylic acids is 1. The minimum atomic E-state index is -0.145. The van der Waals surface area contributed by atoms with Gasteiger partial charge in [0.15, 0.2) is 4.34 Å². The van der Waals surface area contributed by atoms with Crippen LogP contribution in [-0.4, -0.2) is 25.5 Å². The van der Waals surface area contributed by atoms with Gasteiger partial charge in [-0.1, -0.05) is 36.4 Å². The first-order valence-corrected chi connectivity index (χ1v) is 11.8. The van der Waals surface area contributed by atoms with Crippen molar-refractivity contribution in [1.82, 2.24) is 19.6 Å². The van der Waals surface area contributed by atoms with Crippen LogP contribution in [-0.2, 0) is 17.0 Å². The van der Waals surface area contributed by atoms with Crippen LogP contribution in [0, 0.1) is 0 Å². The molecule has 1 amide bonds. The van der Waals surface area contributed by atoms with Crippen LogP contribution in [0.25, 0.3) is 15.2 Å². The number of nitrogens with zero attached hydrogens (tertiary/aromatic N) is 4. The molecule has 0 spiro atoms. The zero-order chi connectivity index (χ0) is 20.4. The SMILES string of the molecule is CCCCc1nn2c(=O)cc(CSc3nc4ccc(NC(C)=O)cc4s3)nc2s1. The molecule has 0 aliphatic heterocycles. The van der Waals surface area contributed by atoms with Gasteiger partial charge in [0, 0.05) is 30.9 Å². The average molecular weight is 446 g/mol. The number of unbranched alkanes of at least 4 members (excludes halogenated alkanes) is 1. The fraction of sp³-hybridized carbons (Fsp3) is 0.316. The molecule has 0 fully saturated rings. The molecule has 1 aromatic carbocycles. The van der Waals surface area contributed by atoms with Crippen molar-refractivity contribution in [2.75, 3.05) is 5.32 Å². The second kappa shape index (κ2) is 8.60. The number of aromatic nitrogens is 4. The lowest BCUT2D eigenvalue weighted by Crippen LogP contribution is -2.15. The summed E-state index contributed by atoms with van der Waals surface area (Å²) in [7, 11) is 0. The first kappa shape index (κ1) is 20.0. The Hall–Kier alpha value is -2.30. The van der Waals surface area contributed by atoms with Gasteiger partial charge < -0.3 is 5.32 Å². The van der Waals surface area contributed by atoms with Gasteiger partial charge in [0.05, 0.1) is 15.9 Å². The van der Waals surface area contributed by atoms with Gasteiger partial charge in [-0.25, -0.2) is 9.97 Å². The van der Waals surface area contributed by atoms with Gasteiger partial charge in [0.25, 0.3) is 5.56 Å². The van der Waals surface area contributed by atoms with Crippen molar-refractivity contribution in [2.45, 2.75) is 43.2 Å². The highest BCUT2D eigenvalue weighted by Gasteiger charge is 2.11. The number of aryl methyl sites for hydroxylation is 1. The molecule has 4 rings (SSSR count). The Kier molecular flexibility index (Phi) is 5.93. The minimum absolute atomic E-state index is 0.0999. The molecule has 0 radical (unpaired) electrons. The van der Waals surface area contributed by atoms with Crippen molar-refractivity contribution in [2.24, 2.45) is 0 Å². The van der Waals surface area contributed by atoms with E-state index in [4.69, 9.17) is 0 Å². The van der Waals surface area contributed by atoms with Gasteiger partial charge in [0.2, 0.25) is 10.9 Å². The molecule has 3 aromatic heterocycles. The predicted molar refractivity (Wildman–Crippen MR) is 119 cm³/mol. The van der Waals surface area contributed by atoms with Crippen molar-refractivity contribution in [3.05, 3.63) is 45.3 Å². The molecule has 150 valence electrons. The number of carbonyl (C=O) groups is 1. The highest BCUT2D eigenvalue weighted by Crippen LogP contribution is 2.32. The quantitative estimate of drug-likeness (QED) is 0.425. The number of anilines is 1. The maximum atomic E-state index is 12.4. The lowest BCUT2D eigenvalue weighted by Gasteiger charge is -1.99. The molecule has 29 heavy (non-hydrogen) atoms. The van der Waals surface area contributed by atoms with Gasteiger partial charge in [-0.05, 0) is 24.6 Å². The van der Waals surface area contributed by atoms with E-state index >= 15 is 0 Å². The molecule has 0 unspecified atom stereocenters. The van der Waals surface area contributed by atoms with E-state index in [1.54, 1.807) is 29.2 Å². The average Bonchev–Trinajstić information content (AvgIpc) is 3.27. The van der Waals surface area contributed by atoms with E-state index in [-0.39, 0.29) is 11.5 Å². The van der Waals surface area contributed by atoms with E-state index in [0.29, 0.717) is 10.7 Å². The van der Waals surface area contributed by atoms with Crippen molar-refractivity contribution < 1.29 is 4.79 Å². The Morgan fingerprint density at radius 3 is 2.90 bits per heavy atom. The number of thioether (sulfide) groups is 1. The number of benzene rings is 1. The smallest absolute Gasteiger partial charge is 0.275 e. The first-order valence-electron chi connectivity index (χ1n) is 9.21. The largest absolute Gasteiger partial charge is 0.326 e. The third-order valence-electron chi connectivity index (χ3n) is 4.12. The van der Waals surface area contributed by atoms with E-state index < -0.39 is 0 Å². The summed E-state index contributed by atoms with van der Waals surface area (Å²) in [5.41, 5.74) is 2.23.